The number of amidine groups is 1. The number of pyridine rings is 1. The lowest BCUT2D eigenvalue weighted by atomic mass is 10.0. The van der Waals surface area contributed by atoms with E-state index in [0.717, 1.165) is 34.5 Å². The van der Waals surface area contributed by atoms with Crippen LogP contribution < -0.4 is 5.32 Å². The Morgan fingerprint density at radius 2 is 2.15 bits per heavy atom. The maximum Gasteiger partial charge on any atom is 0.257 e. The molecule has 1 N–H and O–H groups in total. The van der Waals surface area contributed by atoms with Gasteiger partial charge >= 0.3 is 0 Å². The molecule has 1 aromatic carbocycles. The van der Waals surface area contributed by atoms with Crippen molar-refractivity contribution in [2.45, 2.75) is 13.8 Å². The number of carbonyl (C=O) groups is 1. The summed E-state index contributed by atoms with van der Waals surface area (Å²) in [5.74, 6) is 0.824. The fourth-order valence-electron chi connectivity index (χ4n) is 2.24. The van der Waals surface area contributed by atoms with Gasteiger partial charge in [-0.3, -0.25) is 14.8 Å². The van der Waals surface area contributed by atoms with Crippen molar-refractivity contribution < 1.29 is 4.79 Å². The van der Waals surface area contributed by atoms with Crippen molar-refractivity contribution >= 4 is 33.7 Å². The summed E-state index contributed by atoms with van der Waals surface area (Å²) in [6, 6.07) is 7.79. The maximum absolute atomic E-state index is 12.4. The van der Waals surface area contributed by atoms with Gasteiger partial charge in [0.05, 0.1) is 17.6 Å². The molecule has 1 amide bonds. The van der Waals surface area contributed by atoms with E-state index in [4.69, 9.17) is 0 Å². The fourth-order valence-corrected chi connectivity index (χ4v) is 2.96. The lowest BCUT2D eigenvalue weighted by molar-refractivity contribution is 0.0979. The zero-order chi connectivity index (χ0) is 14.1. The number of fused-ring (bicyclic) bond motifs is 1. The number of hydrogen-bond donors (Lipinski definition) is 1. The molecule has 1 aromatic heterocycles. The van der Waals surface area contributed by atoms with Gasteiger partial charge in [0.15, 0.2) is 5.17 Å². The van der Waals surface area contributed by atoms with Crippen LogP contribution >= 0.6 is 11.8 Å². The van der Waals surface area contributed by atoms with Crippen LogP contribution in [0.5, 0.6) is 0 Å². The van der Waals surface area contributed by atoms with Crippen molar-refractivity contribution in [3.05, 3.63) is 41.1 Å². The van der Waals surface area contributed by atoms with Crippen LogP contribution in [-0.2, 0) is 0 Å². The Labute approximate surface area is 121 Å². The Balaban J connectivity index is 2.04. The summed E-state index contributed by atoms with van der Waals surface area (Å²) in [5, 5.41) is 4.48. The number of rotatable bonds is 1. The molecule has 0 saturated heterocycles. The van der Waals surface area contributed by atoms with E-state index in [1.165, 1.54) is 0 Å². The summed E-state index contributed by atoms with van der Waals surface area (Å²) in [4.78, 5) is 21.2. The van der Waals surface area contributed by atoms with Gasteiger partial charge in [0.1, 0.15) is 0 Å². The average molecular weight is 285 g/mol. The molecule has 0 radical (unpaired) electrons. The van der Waals surface area contributed by atoms with Crippen LogP contribution in [0.4, 0.5) is 0 Å². The molecule has 2 aromatic rings. The van der Waals surface area contributed by atoms with Crippen molar-refractivity contribution in [2.75, 3.05) is 12.3 Å². The number of aliphatic imine (C=N–C) groups is 1. The van der Waals surface area contributed by atoms with Gasteiger partial charge in [-0.15, -0.1) is 0 Å². The Kier molecular flexibility index (Phi) is 3.44. The molecular weight excluding hydrogens is 270 g/mol. The predicted octanol–water partition coefficient (Wildman–Crippen LogP) is 2.68. The number of nitrogens with one attached hydrogen (secondary N) is 1. The highest BCUT2D eigenvalue weighted by atomic mass is 32.2. The Morgan fingerprint density at radius 3 is 2.90 bits per heavy atom. The van der Waals surface area contributed by atoms with Gasteiger partial charge in [-0.25, -0.2) is 0 Å². The van der Waals surface area contributed by atoms with Crippen LogP contribution in [0.15, 0.2) is 29.3 Å². The van der Waals surface area contributed by atoms with Gasteiger partial charge in [0, 0.05) is 16.8 Å². The highest BCUT2D eigenvalue weighted by Crippen LogP contribution is 2.20. The third kappa shape index (κ3) is 2.54. The van der Waals surface area contributed by atoms with E-state index < -0.39 is 0 Å². The van der Waals surface area contributed by atoms with Gasteiger partial charge in [0.25, 0.3) is 5.91 Å². The van der Waals surface area contributed by atoms with Crippen LogP contribution in [0.25, 0.3) is 10.9 Å². The fraction of sp³-hybridized carbons (Fsp3) is 0.267. The molecule has 1 aliphatic heterocycles. The number of thioether (sulfide) groups is 1. The maximum atomic E-state index is 12.4. The van der Waals surface area contributed by atoms with Gasteiger partial charge in [-0.2, -0.15) is 0 Å². The first-order valence-corrected chi connectivity index (χ1v) is 7.48. The molecule has 0 bridgehead atoms. The molecule has 2 heterocycles. The molecule has 5 heteroatoms. The summed E-state index contributed by atoms with van der Waals surface area (Å²) >= 11 is 1.58. The van der Waals surface area contributed by atoms with E-state index in [9.17, 15) is 4.79 Å². The van der Waals surface area contributed by atoms with E-state index in [0.29, 0.717) is 10.7 Å². The van der Waals surface area contributed by atoms with Crippen molar-refractivity contribution in [3.8, 4) is 0 Å². The minimum Gasteiger partial charge on any atom is -0.301 e. The van der Waals surface area contributed by atoms with Gasteiger partial charge < -0.3 is 5.32 Å². The van der Waals surface area contributed by atoms with Crippen LogP contribution in [0.3, 0.4) is 0 Å². The summed E-state index contributed by atoms with van der Waals surface area (Å²) in [6.45, 7) is 4.69. The number of carbonyl (C=O) groups excluding carboxylic acids is 1. The van der Waals surface area contributed by atoms with Crippen LogP contribution in [-0.4, -0.2) is 28.4 Å². The average Bonchev–Trinajstić information content (AvgIpc) is 2.91. The van der Waals surface area contributed by atoms with E-state index in [2.05, 4.69) is 15.3 Å². The molecule has 0 fully saturated rings. The van der Waals surface area contributed by atoms with Gasteiger partial charge in [0.2, 0.25) is 0 Å². The number of hydrogen-bond acceptors (Lipinski definition) is 4. The molecule has 20 heavy (non-hydrogen) atoms. The largest absolute Gasteiger partial charge is 0.301 e. The lowest BCUT2D eigenvalue weighted by Gasteiger charge is -2.09. The molecule has 4 nitrogen and oxygen atoms in total. The summed E-state index contributed by atoms with van der Waals surface area (Å²) < 4.78 is 0. The Bertz CT molecular complexity index is 724. The predicted molar refractivity (Wildman–Crippen MR) is 83.4 cm³/mol. The summed E-state index contributed by atoms with van der Waals surface area (Å²) in [6.07, 6.45) is 0. The summed E-state index contributed by atoms with van der Waals surface area (Å²) in [5.41, 5.74) is 3.46. The highest BCUT2D eigenvalue weighted by Gasteiger charge is 2.16. The number of benzene rings is 1. The molecule has 0 aliphatic carbocycles. The molecule has 0 saturated carbocycles. The minimum atomic E-state index is -0.112. The number of aryl methyl sites for hydroxylation is 2. The molecular formula is C15H15N3OS. The SMILES string of the molecule is Cc1ccc2nc(C)cc(C(=O)NC3=NCCS3)c2c1. The molecule has 1 aliphatic rings. The quantitative estimate of drug-likeness (QED) is 0.876. The van der Waals surface area contributed by atoms with Crippen molar-refractivity contribution in [3.63, 3.8) is 0 Å². The first-order chi connectivity index (χ1) is 9.63. The standard InChI is InChI=1S/C15H15N3OS/c1-9-3-4-13-11(7-9)12(8-10(2)17-13)14(19)18-15-16-5-6-20-15/h3-4,7-8H,5-6H2,1-2H3,(H,16,18,19). The van der Waals surface area contributed by atoms with E-state index in [1.807, 2.05) is 38.1 Å². The summed E-state index contributed by atoms with van der Waals surface area (Å²) in [7, 11) is 0. The number of aromatic nitrogens is 1. The molecule has 0 spiro atoms. The molecule has 0 unspecified atom stereocenters. The highest BCUT2D eigenvalue weighted by molar-refractivity contribution is 8.14. The second-order valence-corrected chi connectivity index (χ2v) is 5.90. The van der Waals surface area contributed by atoms with Gasteiger partial charge in [-0.05, 0) is 32.0 Å². The molecule has 0 atom stereocenters. The monoisotopic (exact) mass is 285 g/mol. The molecule has 102 valence electrons. The van der Waals surface area contributed by atoms with Crippen molar-refractivity contribution in [1.29, 1.82) is 0 Å². The van der Waals surface area contributed by atoms with Crippen LogP contribution in [0, 0.1) is 13.8 Å². The third-order valence-electron chi connectivity index (χ3n) is 3.14. The first-order valence-electron chi connectivity index (χ1n) is 6.50. The second kappa shape index (κ2) is 5.25. The molecule has 3 rings (SSSR count). The number of nitrogens with zero attached hydrogens (tertiary/aromatic N) is 2. The second-order valence-electron chi connectivity index (χ2n) is 4.82. The van der Waals surface area contributed by atoms with E-state index in [-0.39, 0.29) is 5.91 Å². The van der Waals surface area contributed by atoms with Crippen molar-refractivity contribution in [1.82, 2.24) is 10.3 Å². The third-order valence-corrected chi connectivity index (χ3v) is 4.03. The zero-order valence-corrected chi connectivity index (χ0v) is 12.3. The van der Waals surface area contributed by atoms with Crippen molar-refractivity contribution in [2.24, 2.45) is 4.99 Å². The lowest BCUT2D eigenvalue weighted by Crippen LogP contribution is -2.27. The Morgan fingerprint density at radius 1 is 1.30 bits per heavy atom. The van der Waals surface area contributed by atoms with Gasteiger partial charge in [-0.1, -0.05) is 23.4 Å². The number of amides is 1. The van der Waals surface area contributed by atoms with E-state index >= 15 is 0 Å². The van der Waals surface area contributed by atoms with E-state index in [1.54, 1.807) is 11.8 Å². The minimum absolute atomic E-state index is 0.112. The van der Waals surface area contributed by atoms with Crippen LogP contribution in [0.1, 0.15) is 21.6 Å². The van der Waals surface area contributed by atoms with Crippen LogP contribution in [0.2, 0.25) is 0 Å². The first kappa shape index (κ1) is 13.1. The zero-order valence-electron chi connectivity index (χ0n) is 11.4. The smallest absolute Gasteiger partial charge is 0.257 e. The Hall–Kier alpha value is -1.88. The normalized spacial score (nSPS) is 14.4. The topological polar surface area (TPSA) is 54.4 Å².